The van der Waals surface area contributed by atoms with Crippen LogP contribution in [-0.2, 0) is 0 Å². The quantitative estimate of drug-likeness (QED) is 0.769. The molecular formula is C15H11Cl2N5O2. The van der Waals surface area contributed by atoms with E-state index in [4.69, 9.17) is 27.9 Å². The molecule has 2 aromatic carbocycles. The molecule has 0 aliphatic heterocycles. The van der Waals surface area contributed by atoms with Crippen LogP contribution in [0, 0.1) is 0 Å². The van der Waals surface area contributed by atoms with Crippen LogP contribution in [0.5, 0.6) is 5.75 Å². The van der Waals surface area contributed by atoms with Crippen molar-refractivity contribution in [2.45, 2.75) is 0 Å². The predicted octanol–water partition coefficient (Wildman–Crippen LogP) is 3.23. The molecule has 0 saturated carbocycles. The minimum Gasteiger partial charge on any atom is -0.496 e. The molecule has 0 aliphatic rings. The van der Waals surface area contributed by atoms with E-state index in [0.29, 0.717) is 32.7 Å². The highest BCUT2D eigenvalue weighted by Crippen LogP contribution is 2.28. The van der Waals surface area contributed by atoms with Crippen LogP contribution in [0.4, 0.5) is 5.69 Å². The zero-order valence-electron chi connectivity index (χ0n) is 12.4. The molecule has 3 aromatic rings. The van der Waals surface area contributed by atoms with Crippen LogP contribution in [0.2, 0.25) is 10.0 Å². The lowest BCUT2D eigenvalue weighted by atomic mass is 10.1. The maximum Gasteiger partial charge on any atom is 0.259 e. The summed E-state index contributed by atoms with van der Waals surface area (Å²) in [5.74, 6) is -0.00737. The number of ether oxygens (including phenoxy) is 1. The fourth-order valence-electron chi connectivity index (χ4n) is 2.07. The second-order valence-electron chi connectivity index (χ2n) is 4.72. The average molecular weight is 364 g/mol. The Hall–Kier alpha value is -2.64. The topological polar surface area (TPSA) is 81.9 Å². The molecule has 0 aliphatic carbocycles. The summed E-state index contributed by atoms with van der Waals surface area (Å²) in [5.41, 5.74) is 1.42. The molecule has 9 heteroatoms. The number of hydrogen-bond acceptors (Lipinski definition) is 5. The first kappa shape index (κ1) is 16.2. The van der Waals surface area contributed by atoms with Crippen LogP contribution in [0.1, 0.15) is 10.4 Å². The number of halogens is 2. The van der Waals surface area contributed by atoms with Crippen molar-refractivity contribution in [3.63, 3.8) is 0 Å². The summed E-state index contributed by atoms with van der Waals surface area (Å²) in [5, 5.41) is 14.5. The number of hydrogen-bond donors (Lipinski definition) is 1. The van der Waals surface area contributed by atoms with E-state index in [-0.39, 0.29) is 5.91 Å². The first-order chi connectivity index (χ1) is 11.6. The third-order valence-electron chi connectivity index (χ3n) is 3.22. The van der Waals surface area contributed by atoms with Crippen molar-refractivity contribution in [2.24, 2.45) is 0 Å². The third kappa shape index (κ3) is 3.32. The van der Waals surface area contributed by atoms with Crippen LogP contribution in [0.15, 0.2) is 42.7 Å². The molecule has 1 N–H and O–H groups in total. The summed E-state index contributed by atoms with van der Waals surface area (Å²) in [7, 11) is 1.47. The van der Waals surface area contributed by atoms with E-state index in [0.717, 1.165) is 0 Å². The second kappa shape index (κ2) is 6.86. The number of benzene rings is 2. The highest BCUT2D eigenvalue weighted by atomic mass is 35.5. The van der Waals surface area contributed by atoms with Gasteiger partial charge in [0, 0.05) is 5.02 Å². The summed E-state index contributed by atoms with van der Waals surface area (Å²) >= 11 is 12.1. The van der Waals surface area contributed by atoms with E-state index in [2.05, 4.69) is 20.8 Å². The number of amides is 1. The zero-order chi connectivity index (χ0) is 17.1. The molecule has 1 aromatic heterocycles. The molecule has 0 atom stereocenters. The Morgan fingerprint density at radius 1 is 1.21 bits per heavy atom. The van der Waals surface area contributed by atoms with Crippen molar-refractivity contribution in [2.75, 3.05) is 12.4 Å². The summed E-state index contributed by atoms with van der Waals surface area (Å²) in [4.78, 5) is 12.5. The normalized spacial score (nSPS) is 10.5. The van der Waals surface area contributed by atoms with E-state index in [1.165, 1.54) is 18.1 Å². The molecule has 0 fully saturated rings. The molecule has 7 nitrogen and oxygen atoms in total. The van der Waals surface area contributed by atoms with Crippen LogP contribution in [0.3, 0.4) is 0 Å². The maximum atomic E-state index is 12.5. The van der Waals surface area contributed by atoms with E-state index in [9.17, 15) is 4.79 Å². The monoisotopic (exact) mass is 363 g/mol. The van der Waals surface area contributed by atoms with E-state index in [1.807, 2.05) is 0 Å². The van der Waals surface area contributed by atoms with Crippen LogP contribution < -0.4 is 10.1 Å². The number of nitrogens with zero attached hydrogens (tertiary/aromatic N) is 4. The van der Waals surface area contributed by atoms with Gasteiger partial charge in [-0.1, -0.05) is 23.2 Å². The zero-order valence-corrected chi connectivity index (χ0v) is 13.9. The van der Waals surface area contributed by atoms with Gasteiger partial charge >= 0.3 is 0 Å². The Balaban J connectivity index is 1.91. The highest BCUT2D eigenvalue weighted by molar-refractivity contribution is 6.34. The van der Waals surface area contributed by atoms with Gasteiger partial charge in [-0.3, -0.25) is 4.79 Å². The fourth-order valence-corrected chi connectivity index (χ4v) is 2.40. The lowest BCUT2D eigenvalue weighted by Crippen LogP contribution is -2.14. The summed E-state index contributed by atoms with van der Waals surface area (Å²) in [6.07, 6.45) is 1.44. The molecule has 0 bridgehead atoms. The van der Waals surface area contributed by atoms with Crippen molar-refractivity contribution in [1.82, 2.24) is 20.2 Å². The van der Waals surface area contributed by atoms with Crippen LogP contribution in [-0.4, -0.2) is 33.2 Å². The van der Waals surface area contributed by atoms with Crippen molar-refractivity contribution in [3.05, 3.63) is 58.3 Å². The minimum atomic E-state index is -0.376. The Bertz CT molecular complexity index is 884. The van der Waals surface area contributed by atoms with Gasteiger partial charge in [-0.2, -0.15) is 0 Å². The highest BCUT2D eigenvalue weighted by Gasteiger charge is 2.15. The molecular weight excluding hydrogens is 353 g/mol. The number of rotatable bonds is 4. The summed E-state index contributed by atoms with van der Waals surface area (Å²) in [6.45, 7) is 0. The van der Waals surface area contributed by atoms with Crippen molar-refractivity contribution in [1.29, 1.82) is 0 Å². The van der Waals surface area contributed by atoms with Crippen LogP contribution >= 0.6 is 23.2 Å². The third-order valence-corrected chi connectivity index (χ3v) is 3.78. The van der Waals surface area contributed by atoms with Gasteiger partial charge in [0.2, 0.25) is 0 Å². The molecule has 0 saturated heterocycles. The lowest BCUT2D eigenvalue weighted by molar-refractivity contribution is 0.102. The largest absolute Gasteiger partial charge is 0.496 e. The second-order valence-corrected chi connectivity index (χ2v) is 5.56. The smallest absolute Gasteiger partial charge is 0.259 e. The molecule has 0 spiro atoms. The average Bonchev–Trinajstić information content (AvgIpc) is 3.11. The van der Waals surface area contributed by atoms with Crippen molar-refractivity contribution < 1.29 is 9.53 Å². The minimum absolute atomic E-state index is 0.339. The summed E-state index contributed by atoms with van der Waals surface area (Å²) < 4.78 is 6.64. The first-order valence-electron chi connectivity index (χ1n) is 6.76. The van der Waals surface area contributed by atoms with Gasteiger partial charge in [0.1, 0.15) is 12.1 Å². The molecule has 1 amide bonds. The van der Waals surface area contributed by atoms with Gasteiger partial charge in [-0.25, -0.2) is 4.68 Å². The lowest BCUT2D eigenvalue weighted by Gasteiger charge is -2.12. The molecule has 122 valence electrons. The number of carbonyl (C=O) groups excluding carboxylic acids is 1. The van der Waals surface area contributed by atoms with E-state index >= 15 is 0 Å². The SMILES string of the molecule is COc1cc(Cl)ccc1C(=O)Nc1cc(-n2cnnn2)ccc1Cl. The number of carbonyl (C=O) groups is 1. The molecule has 0 radical (unpaired) electrons. The predicted molar refractivity (Wildman–Crippen MR) is 90.1 cm³/mol. The Morgan fingerprint density at radius 3 is 2.75 bits per heavy atom. The Morgan fingerprint density at radius 2 is 2.04 bits per heavy atom. The Labute approximate surface area is 147 Å². The number of nitrogens with one attached hydrogen (secondary N) is 1. The van der Waals surface area contributed by atoms with Crippen LogP contribution in [0.25, 0.3) is 5.69 Å². The van der Waals surface area contributed by atoms with Crippen molar-refractivity contribution in [3.8, 4) is 11.4 Å². The molecule has 24 heavy (non-hydrogen) atoms. The van der Waals surface area contributed by atoms with Crippen molar-refractivity contribution >= 4 is 34.8 Å². The van der Waals surface area contributed by atoms with E-state index < -0.39 is 0 Å². The maximum absolute atomic E-state index is 12.5. The molecule has 1 heterocycles. The fraction of sp³-hybridized carbons (Fsp3) is 0.0667. The molecule has 3 rings (SSSR count). The number of anilines is 1. The van der Waals surface area contributed by atoms with Gasteiger partial charge in [0.15, 0.2) is 0 Å². The standard InChI is InChI=1S/C15H11Cl2N5O2/c1-24-14-6-9(16)2-4-11(14)15(23)19-13-7-10(3-5-12(13)17)22-8-18-20-21-22/h2-8H,1H3,(H,19,23). The summed E-state index contributed by atoms with van der Waals surface area (Å²) in [6, 6.07) is 9.80. The van der Waals surface area contributed by atoms with Gasteiger partial charge in [-0.15, -0.1) is 5.10 Å². The number of methoxy groups -OCH3 is 1. The van der Waals surface area contributed by atoms with Gasteiger partial charge in [0.25, 0.3) is 5.91 Å². The molecule has 0 unspecified atom stereocenters. The van der Waals surface area contributed by atoms with E-state index in [1.54, 1.807) is 36.4 Å². The number of aromatic nitrogens is 4. The first-order valence-corrected chi connectivity index (χ1v) is 7.52. The Kier molecular flexibility index (Phi) is 4.64. The number of tetrazole rings is 1. The van der Waals surface area contributed by atoms with Gasteiger partial charge < -0.3 is 10.1 Å². The van der Waals surface area contributed by atoms with Gasteiger partial charge in [0.05, 0.1) is 29.1 Å². The van der Waals surface area contributed by atoms with Gasteiger partial charge in [-0.05, 0) is 46.8 Å².